The van der Waals surface area contributed by atoms with Crippen molar-refractivity contribution in [3.8, 4) is 0 Å². The Labute approximate surface area is 68.4 Å². The van der Waals surface area contributed by atoms with Crippen molar-refractivity contribution in [2.24, 2.45) is 5.92 Å². The molecule has 0 aliphatic rings. The molecule has 0 saturated heterocycles. The lowest BCUT2D eigenvalue weighted by molar-refractivity contribution is -0.189. The highest BCUT2D eigenvalue weighted by molar-refractivity contribution is 4.67. The third kappa shape index (κ3) is 4.54. The van der Waals surface area contributed by atoms with E-state index in [1.54, 1.807) is 6.92 Å². The van der Waals surface area contributed by atoms with E-state index in [1.165, 1.54) is 0 Å². The molecule has 0 radical (unpaired) electrons. The Bertz CT molecular complexity index is 121. The summed E-state index contributed by atoms with van der Waals surface area (Å²) in [6.45, 7) is 1.59. The van der Waals surface area contributed by atoms with Gasteiger partial charge in [-0.1, -0.05) is 13.3 Å². The average Bonchev–Trinajstić information content (AvgIpc) is 1.83. The molecule has 5 heteroatoms. The monoisotopic (exact) mass is 188 g/mol. The predicted molar refractivity (Wildman–Crippen MR) is 36.2 cm³/mol. The van der Waals surface area contributed by atoms with Gasteiger partial charge in [-0.05, 0) is 6.42 Å². The topological polar surface area (TPSA) is 20.2 Å². The fourth-order valence-corrected chi connectivity index (χ4v) is 0.998. The van der Waals surface area contributed by atoms with E-state index in [1.807, 2.05) is 0 Å². The van der Waals surface area contributed by atoms with Crippen molar-refractivity contribution in [3.05, 3.63) is 0 Å². The van der Waals surface area contributed by atoms with Gasteiger partial charge >= 0.3 is 6.18 Å². The van der Waals surface area contributed by atoms with E-state index in [9.17, 15) is 17.6 Å². The fourth-order valence-electron chi connectivity index (χ4n) is 0.998. The van der Waals surface area contributed by atoms with E-state index in [4.69, 9.17) is 5.11 Å². The molecular formula is C7H12F4O. The fraction of sp³-hybridized carbons (Fsp3) is 1.00. The summed E-state index contributed by atoms with van der Waals surface area (Å²) in [5, 5.41) is 8.15. The van der Waals surface area contributed by atoms with Crippen molar-refractivity contribution in [3.63, 3.8) is 0 Å². The van der Waals surface area contributed by atoms with Crippen LogP contribution in [0.2, 0.25) is 0 Å². The lowest BCUT2D eigenvalue weighted by Gasteiger charge is -2.19. The van der Waals surface area contributed by atoms with Crippen LogP contribution >= 0.6 is 0 Å². The maximum atomic E-state index is 12.0. The molecular weight excluding hydrogens is 176 g/mol. The molecule has 2 atom stereocenters. The van der Waals surface area contributed by atoms with Crippen molar-refractivity contribution in [2.75, 3.05) is 0 Å². The number of aliphatic hydroxyl groups excluding tert-OH is 1. The van der Waals surface area contributed by atoms with Crippen molar-refractivity contribution in [1.82, 2.24) is 0 Å². The summed E-state index contributed by atoms with van der Waals surface area (Å²) in [5.41, 5.74) is 0. The predicted octanol–water partition coefficient (Wildman–Crippen LogP) is 2.64. The number of alkyl halides is 4. The first-order chi connectivity index (χ1) is 5.38. The molecule has 1 nitrogen and oxygen atoms in total. The molecule has 0 aromatic carbocycles. The smallest absolute Gasteiger partial charge is 0.364 e. The Hall–Kier alpha value is -0.320. The molecule has 2 unspecified atom stereocenters. The summed E-state index contributed by atoms with van der Waals surface area (Å²) in [7, 11) is 0. The zero-order valence-corrected chi connectivity index (χ0v) is 6.74. The molecule has 0 heterocycles. The summed E-state index contributed by atoms with van der Waals surface area (Å²) >= 11 is 0. The SMILES string of the molecule is CCCC(CC(O)F)C(F)(F)F. The molecule has 0 fully saturated rings. The second kappa shape index (κ2) is 4.64. The second-order valence-corrected chi connectivity index (χ2v) is 2.70. The Morgan fingerprint density at radius 3 is 2.08 bits per heavy atom. The molecule has 0 amide bonds. The van der Waals surface area contributed by atoms with Crippen LogP contribution in [0.4, 0.5) is 17.6 Å². The maximum Gasteiger partial charge on any atom is 0.392 e. The number of hydrogen-bond acceptors (Lipinski definition) is 1. The number of rotatable bonds is 4. The summed E-state index contributed by atoms with van der Waals surface area (Å²) < 4.78 is 47.8. The molecule has 0 aromatic rings. The summed E-state index contributed by atoms with van der Waals surface area (Å²) in [5.74, 6) is -1.72. The van der Waals surface area contributed by atoms with Gasteiger partial charge in [0.2, 0.25) is 0 Å². The van der Waals surface area contributed by atoms with Crippen LogP contribution in [-0.2, 0) is 0 Å². The number of aliphatic hydroxyl groups is 1. The minimum atomic E-state index is -4.40. The zero-order chi connectivity index (χ0) is 9.78. The van der Waals surface area contributed by atoms with Crippen LogP contribution in [0.25, 0.3) is 0 Å². The van der Waals surface area contributed by atoms with Crippen LogP contribution in [0.1, 0.15) is 26.2 Å². The van der Waals surface area contributed by atoms with Gasteiger partial charge in [0.25, 0.3) is 0 Å². The van der Waals surface area contributed by atoms with Gasteiger partial charge in [-0.3, -0.25) is 0 Å². The minimum absolute atomic E-state index is 0.134. The Balaban J connectivity index is 4.04. The Morgan fingerprint density at radius 2 is 1.83 bits per heavy atom. The van der Waals surface area contributed by atoms with Gasteiger partial charge < -0.3 is 5.11 Å². The van der Waals surface area contributed by atoms with E-state index in [0.717, 1.165) is 0 Å². The molecule has 74 valence electrons. The molecule has 0 aliphatic heterocycles. The van der Waals surface area contributed by atoms with E-state index in [2.05, 4.69) is 0 Å². The number of halogens is 4. The molecule has 0 spiro atoms. The first-order valence-electron chi connectivity index (χ1n) is 3.76. The lowest BCUT2D eigenvalue weighted by atomic mass is 9.99. The highest BCUT2D eigenvalue weighted by Gasteiger charge is 2.39. The Kier molecular flexibility index (Phi) is 4.52. The van der Waals surface area contributed by atoms with Gasteiger partial charge in [0.15, 0.2) is 6.36 Å². The largest absolute Gasteiger partial charge is 0.392 e. The van der Waals surface area contributed by atoms with Crippen molar-refractivity contribution in [2.45, 2.75) is 38.7 Å². The summed E-state index contributed by atoms with van der Waals surface area (Å²) in [6, 6.07) is 0. The molecule has 0 aliphatic carbocycles. The Morgan fingerprint density at radius 1 is 1.33 bits per heavy atom. The third-order valence-electron chi connectivity index (χ3n) is 1.58. The lowest BCUT2D eigenvalue weighted by Crippen LogP contribution is -2.25. The van der Waals surface area contributed by atoms with E-state index in [0.29, 0.717) is 6.42 Å². The highest BCUT2D eigenvalue weighted by atomic mass is 19.4. The third-order valence-corrected chi connectivity index (χ3v) is 1.58. The molecule has 0 aromatic heterocycles. The molecule has 1 N–H and O–H groups in total. The van der Waals surface area contributed by atoms with Crippen LogP contribution in [-0.4, -0.2) is 17.6 Å². The summed E-state index contributed by atoms with van der Waals surface area (Å²) in [4.78, 5) is 0. The van der Waals surface area contributed by atoms with Crippen LogP contribution in [0.15, 0.2) is 0 Å². The molecule has 0 rings (SSSR count). The average molecular weight is 188 g/mol. The first kappa shape index (κ1) is 11.7. The quantitative estimate of drug-likeness (QED) is 0.672. The van der Waals surface area contributed by atoms with Crippen molar-refractivity contribution >= 4 is 0 Å². The number of hydrogen-bond donors (Lipinski definition) is 1. The molecule has 0 saturated carbocycles. The van der Waals surface area contributed by atoms with Crippen molar-refractivity contribution < 1.29 is 22.7 Å². The van der Waals surface area contributed by atoms with E-state index < -0.39 is 24.9 Å². The molecule has 12 heavy (non-hydrogen) atoms. The van der Waals surface area contributed by atoms with Gasteiger partial charge in [-0.2, -0.15) is 13.2 Å². The van der Waals surface area contributed by atoms with Crippen LogP contribution in [0, 0.1) is 5.92 Å². The van der Waals surface area contributed by atoms with Gasteiger partial charge in [0.05, 0.1) is 5.92 Å². The maximum absolute atomic E-state index is 12.0. The van der Waals surface area contributed by atoms with Crippen molar-refractivity contribution in [1.29, 1.82) is 0 Å². The van der Waals surface area contributed by atoms with Gasteiger partial charge in [-0.25, -0.2) is 4.39 Å². The first-order valence-corrected chi connectivity index (χ1v) is 3.76. The highest BCUT2D eigenvalue weighted by Crippen LogP contribution is 2.33. The molecule has 0 bridgehead atoms. The standard InChI is InChI=1S/C7H12F4O/c1-2-3-5(4-6(8)12)7(9,10)11/h5-6,12H,2-4H2,1H3. The van der Waals surface area contributed by atoms with Crippen LogP contribution < -0.4 is 0 Å². The minimum Gasteiger partial charge on any atom is -0.364 e. The van der Waals surface area contributed by atoms with Crippen LogP contribution in [0.5, 0.6) is 0 Å². The zero-order valence-electron chi connectivity index (χ0n) is 6.74. The second-order valence-electron chi connectivity index (χ2n) is 2.70. The van der Waals surface area contributed by atoms with E-state index in [-0.39, 0.29) is 6.42 Å². The summed E-state index contributed by atoms with van der Waals surface area (Å²) in [6.07, 6.45) is -7.43. The van der Waals surface area contributed by atoms with Gasteiger partial charge in [-0.15, -0.1) is 0 Å². The van der Waals surface area contributed by atoms with Crippen LogP contribution in [0.3, 0.4) is 0 Å². The normalized spacial score (nSPS) is 17.5. The van der Waals surface area contributed by atoms with E-state index >= 15 is 0 Å². The van der Waals surface area contributed by atoms with Gasteiger partial charge in [0, 0.05) is 6.42 Å². The van der Waals surface area contributed by atoms with Gasteiger partial charge in [0.1, 0.15) is 0 Å².